The number of hydrogen-bond donors (Lipinski definition) is 1. The Kier molecular flexibility index (Phi) is 3.01. The monoisotopic (exact) mass is 167 g/mol. The van der Waals surface area contributed by atoms with Gasteiger partial charge in [-0.3, -0.25) is 4.90 Å². The number of rotatable bonds is 1. The van der Waals surface area contributed by atoms with Crippen LogP contribution in [0.4, 0.5) is 0 Å². The Balaban J connectivity index is 1.80. The minimum absolute atomic E-state index is 0.596. The number of nitrogens with zero attached hydrogens (tertiary/aromatic N) is 1. The molecule has 2 heteroatoms. The topological polar surface area (TPSA) is 15.3 Å². The van der Waals surface area contributed by atoms with Gasteiger partial charge in [-0.05, 0) is 51.7 Å². The lowest BCUT2D eigenvalue weighted by molar-refractivity contribution is 0.145. The fourth-order valence-corrected chi connectivity index (χ4v) is 2.19. The van der Waals surface area contributed by atoms with Crippen LogP contribution in [0.15, 0.2) is 0 Å². The zero-order valence-corrected chi connectivity index (χ0v) is 7.76. The quantitative estimate of drug-likeness (QED) is 0.635. The molecule has 2 aliphatic rings. The molecular formula is C10H19N2. The van der Waals surface area contributed by atoms with Crippen LogP contribution in [0.1, 0.15) is 32.1 Å². The van der Waals surface area contributed by atoms with E-state index >= 15 is 0 Å². The summed E-state index contributed by atoms with van der Waals surface area (Å²) in [6.07, 6.45) is 9.88. The minimum Gasteiger partial charge on any atom is -0.301 e. The molecule has 2 aliphatic heterocycles. The van der Waals surface area contributed by atoms with Crippen LogP contribution in [0.5, 0.6) is 0 Å². The molecular weight excluding hydrogens is 148 g/mol. The van der Waals surface area contributed by atoms with E-state index in [-0.39, 0.29) is 0 Å². The highest BCUT2D eigenvalue weighted by molar-refractivity contribution is 4.88. The predicted octanol–water partition coefficient (Wildman–Crippen LogP) is 1.39. The summed E-state index contributed by atoms with van der Waals surface area (Å²) in [5.74, 6) is 0. The van der Waals surface area contributed by atoms with Crippen LogP contribution in [0.25, 0.3) is 0 Å². The molecule has 1 atom stereocenters. The highest BCUT2D eigenvalue weighted by Crippen LogP contribution is 2.15. The fraction of sp³-hybridized carbons (Fsp3) is 0.900. The van der Waals surface area contributed by atoms with E-state index in [0.29, 0.717) is 6.17 Å². The molecule has 1 unspecified atom stereocenters. The lowest BCUT2D eigenvalue weighted by Gasteiger charge is -2.37. The van der Waals surface area contributed by atoms with Crippen molar-refractivity contribution in [1.82, 2.24) is 10.2 Å². The number of piperidine rings is 2. The minimum atomic E-state index is 0.596. The Morgan fingerprint density at radius 2 is 1.92 bits per heavy atom. The van der Waals surface area contributed by atoms with Gasteiger partial charge in [-0.1, -0.05) is 6.42 Å². The molecule has 2 heterocycles. The second-order valence-electron chi connectivity index (χ2n) is 3.87. The van der Waals surface area contributed by atoms with Crippen molar-refractivity contribution in [3.8, 4) is 0 Å². The van der Waals surface area contributed by atoms with Crippen LogP contribution in [-0.2, 0) is 0 Å². The Morgan fingerprint density at radius 1 is 1.08 bits per heavy atom. The number of hydrogen-bond acceptors (Lipinski definition) is 2. The van der Waals surface area contributed by atoms with Gasteiger partial charge in [-0.15, -0.1) is 0 Å². The lowest BCUT2D eigenvalue weighted by atomic mass is 10.1. The SMILES string of the molecule is [CH]1CCCNC1N1CCCCC1. The van der Waals surface area contributed by atoms with Gasteiger partial charge in [0, 0.05) is 0 Å². The first kappa shape index (κ1) is 8.52. The summed E-state index contributed by atoms with van der Waals surface area (Å²) in [6.45, 7) is 3.81. The van der Waals surface area contributed by atoms with Gasteiger partial charge in [-0.2, -0.15) is 0 Å². The molecule has 0 aliphatic carbocycles. The Bertz CT molecular complexity index is 108. The lowest BCUT2D eigenvalue weighted by Crippen LogP contribution is -2.50. The van der Waals surface area contributed by atoms with Crippen molar-refractivity contribution < 1.29 is 0 Å². The van der Waals surface area contributed by atoms with E-state index in [4.69, 9.17) is 0 Å². The molecule has 2 nitrogen and oxygen atoms in total. The van der Waals surface area contributed by atoms with E-state index < -0.39 is 0 Å². The average molecular weight is 167 g/mol. The molecule has 0 aromatic carbocycles. The van der Waals surface area contributed by atoms with E-state index in [9.17, 15) is 0 Å². The summed E-state index contributed by atoms with van der Waals surface area (Å²) in [5.41, 5.74) is 0. The molecule has 1 radical (unpaired) electrons. The largest absolute Gasteiger partial charge is 0.301 e. The summed E-state index contributed by atoms with van der Waals surface area (Å²) < 4.78 is 0. The first-order valence-corrected chi connectivity index (χ1v) is 5.27. The number of likely N-dealkylation sites (tertiary alicyclic amines) is 1. The third-order valence-electron chi connectivity index (χ3n) is 2.91. The van der Waals surface area contributed by atoms with Crippen molar-refractivity contribution >= 4 is 0 Å². The van der Waals surface area contributed by atoms with Gasteiger partial charge in [-0.25, -0.2) is 0 Å². The summed E-state index contributed by atoms with van der Waals surface area (Å²) >= 11 is 0. The summed E-state index contributed by atoms with van der Waals surface area (Å²) in [5, 5.41) is 3.56. The van der Waals surface area contributed by atoms with E-state index in [2.05, 4.69) is 16.6 Å². The van der Waals surface area contributed by atoms with Crippen LogP contribution in [-0.4, -0.2) is 30.7 Å². The Morgan fingerprint density at radius 3 is 2.58 bits per heavy atom. The zero-order chi connectivity index (χ0) is 8.23. The summed E-state index contributed by atoms with van der Waals surface area (Å²) in [7, 11) is 0. The normalized spacial score (nSPS) is 33.5. The second kappa shape index (κ2) is 4.24. The highest BCUT2D eigenvalue weighted by Gasteiger charge is 2.21. The number of nitrogens with one attached hydrogen (secondary N) is 1. The van der Waals surface area contributed by atoms with Crippen LogP contribution in [0.2, 0.25) is 0 Å². The third kappa shape index (κ3) is 1.99. The summed E-state index contributed by atoms with van der Waals surface area (Å²) in [6, 6.07) is 0. The highest BCUT2D eigenvalue weighted by atomic mass is 15.3. The van der Waals surface area contributed by atoms with Crippen LogP contribution in [0, 0.1) is 6.42 Å². The average Bonchev–Trinajstić information content (AvgIpc) is 2.21. The standard InChI is InChI=1S/C10H19N2/c1-4-8-12(9-5-1)10-6-2-3-7-11-10/h6,10-11H,1-5,7-9H2. The fourth-order valence-electron chi connectivity index (χ4n) is 2.19. The van der Waals surface area contributed by atoms with E-state index in [1.807, 2.05) is 0 Å². The van der Waals surface area contributed by atoms with Crippen LogP contribution >= 0.6 is 0 Å². The molecule has 0 aromatic rings. The van der Waals surface area contributed by atoms with E-state index in [1.54, 1.807) is 0 Å². The molecule has 69 valence electrons. The molecule has 12 heavy (non-hydrogen) atoms. The molecule has 2 saturated heterocycles. The van der Waals surface area contributed by atoms with Crippen molar-refractivity contribution in [1.29, 1.82) is 0 Å². The van der Waals surface area contributed by atoms with Crippen LogP contribution in [0.3, 0.4) is 0 Å². The van der Waals surface area contributed by atoms with Crippen molar-refractivity contribution in [2.24, 2.45) is 0 Å². The van der Waals surface area contributed by atoms with E-state index in [0.717, 1.165) is 0 Å². The maximum Gasteiger partial charge on any atom is 0.0629 e. The van der Waals surface area contributed by atoms with Gasteiger partial charge in [0.2, 0.25) is 0 Å². The predicted molar refractivity (Wildman–Crippen MR) is 50.7 cm³/mol. The Labute approximate surface area is 75.3 Å². The van der Waals surface area contributed by atoms with E-state index in [1.165, 1.54) is 51.7 Å². The van der Waals surface area contributed by atoms with Crippen molar-refractivity contribution in [3.05, 3.63) is 6.42 Å². The molecule has 1 N–H and O–H groups in total. The first-order chi connectivity index (χ1) is 5.97. The third-order valence-corrected chi connectivity index (χ3v) is 2.91. The Hall–Kier alpha value is -0.0800. The summed E-state index contributed by atoms with van der Waals surface area (Å²) in [4.78, 5) is 2.59. The van der Waals surface area contributed by atoms with Crippen molar-refractivity contribution in [3.63, 3.8) is 0 Å². The first-order valence-electron chi connectivity index (χ1n) is 5.27. The van der Waals surface area contributed by atoms with Crippen molar-refractivity contribution in [2.45, 2.75) is 38.3 Å². The molecule has 0 bridgehead atoms. The van der Waals surface area contributed by atoms with Gasteiger partial charge in [0.05, 0.1) is 6.17 Å². The molecule has 2 rings (SSSR count). The maximum atomic E-state index is 3.56. The molecule has 0 aromatic heterocycles. The molecule has 2 fully saturated rings. The van der Waals surface area contributed by atoms with Gasteiger partial charge in [0.15, 0.2) is 0 Å². The smallest absolute Gasteiger partial charge is 0.0629 e. The van der Waals surface area contributed by atoms with Crippen LogP contribution < -0.4 is 5.32 Å². The molecule has 0 saturated carbocycles. The van der Waals surface area contributed by atoms with Crippen molar-refractivity contribution in [2.75, 3.05) is 19.6 Å². The van der Waals surface area contributed by atoms with Gasteiger partial charge < -0.3 is 5.32 Å². The second-order valence-corrected chi connectivity index (χ2v) is 3.87. The van der Waals surface area contributed by atoms with Gasteiger partial charge in [0.25, 0.3) is 0 Å². The van der Waals surface area contributed by atoms with Gasteiger partial charge in [0.1, 0.15) is 0 Å². The van der Waals surface area contributed by atoms with Gasteiger partial charge >= 0.3 is 0 Å². The molecule has 0 spiro atoms. The molecule has 0 amide bonds. The maximum absolute atomic E-state index is 3.56. The zero-order valence-electron chi connectivity index (χ0n) is 7.76.